The molecule has 4 nitrogen and oxygen atoms in total. The number of aldehydes is 1. The molecule has 0 saturated heterocycles. The van der Waals surface area contributed by atoms with Crippen molar-refractivity contribution in [2.45, 2.75) is 33.1 Å². The smallest absolute Gasteiger partial charge is 0.340 e. The quantitative estimate of drug-likeness (QED) is 0.448. The van der Waals surface area contributed by atoms with E-state index in [0.717, 1.165) is 31.1 Å². The summed E-state index contributed by atoms with van der Waals surface area (Å²) in [6, 6.07) is 13.6. The average Bonchev–Trinajstić information content (AvgIpc) is 3.01. The van der Waals surface area contributed by atoms with Crippen LogP contribution < -0.4 is 0 Å². The van der Waals surface area contributed by atoms with E-state index in [2.05, 4.69) is 19.1 Å². The predicted molar refractivity (Wildman–Crippen MR) is 103 cm³/mol. The van der Waals surface area contributed by atoms with Crippen molar-refractivity contribution in [3.05, 3.63) is 65.5 Å². The number of unbranched alkanes of at least 4 members (excludes halogenated alkanes) is 1. The molecular weight excluding hydrogens is 326 g/mol. The van der Waals surface area contributed by atoms with E-state index >= 15 is 0 Å². The van der Waals surface area contributed by atoms with Gasteiger partial charge in [0.05, 0.1) is 23.4 Å². The number of carbonyl (C=O) groups excluding carboxylic acids is 2. The molecule has 0 radical (unpaired) electrons. The number of hydrogen-bond acceptors (Lipinski definition) is 3. The molecule has 4 heteroatoms. The van der Waals surface area contributed by atoms with Crippen LogP contribution in [0.1, 0.15) is 53.1 Å². The number of aryl methyl sites for hydroxylation is 1. The molecule has 2 heterocycles. The largest absolute Gasteiger partial charge is 0.462 e. The number of aromatic nitrogens is 1. The first kappa shape index (κ1) is 17.9. The Morgan fingerprint density at radius 3 is 2.54 bits per heavy atom. The minimum absolute atomic E-state index is 0.287. The molecule has 0 spiro atoms. The number of fused-ring (bicyclic) bond motifs is 1. The maximum absolute atomic E-state index is 12.6. The molecule has 0 saturated carbocycles. The van der Waals surface area contributed by atoms with Crippen LogP contribution >= 0.6 is 0 Å². The molecule has 0 amide bonds. The molecule has 0 N–H and O–H groups in total. The predicted octanol–water partition coefficient (Wildman–Crippen LogP) is 4.94. The molecule has 26 heavy (non-hydrogen) atoms. The number of nitrogens with zero attached hydrogens (tertiary/aromatic N) is 1. The molecule has 0 unspecified atom stereocenters. The molecule has 0 fully saturated rings. The van der Waals surface area contributed by atoms with Crippen LogP contribution in [0.4, 0.5) is 0 Å². The van der Waals surface area contributed by atoms with E-state index < -0.39 is 5.97 Å². The molecule has 0 aliphatic heterocycles. The highest BCUT2D eigenvalue weighted by molar-refractivity contribution is 6.09. The summed E-state index contributed by atoms with van der Waals surface area (Å²) < 4.78 is 7.01. The van der Waals surface area contributed by atoms with Crippen LogP contribution in [0.25, 0.3) is 16.6 Å². The van der Waals surface area contributed by atoms with Crippen molar-refractivity contribution in [2.75, 3.05) is 6.61 Å². The summed E-state index contributed by atoms with van der Waals surface area (Å²) in [6.07, 6.45) is 5.91. The van der Waals surface area contributed by atoms with E-state index in [1.807, 2.05) is 30.3 Å². The number of esters is 1. The van der Waals surface area contributed by atoms with Gasteiger partial charge in [-0.3, -0.25) is 4.79 Å². The van der Waals surface area contributed by atoms with Gasteiger partial charge < -0.3 is 9.14 Å². The van der Waals surface area contributed by atoms with Crippen molar-refractivity contribution < 1.29 is 14.3 Å². The van der Waals surface area contributed by atoms with Crippen LogP contribution in [-0.2, 0) is 11.2 Å². The van der Waals surface area contributed by atoms with Gasteiger partial charge in [-0.25, -0.2) is 4.79 Å². The second kappa shape index (κ2) is 8.00. The maximum Gasteiger partial charge on any atom is 0.340 e. The summed E-state index contributed by atoms with van der Waals surface area (Å²) >= 11 is 0. The van der Waals surface area contributed by atoms with Crippen LogP contribution in [0.3, 0.4) is 0 Å². The average molecular weight is 349 g/mol. The summed E-state index contributed by atoms with van der Waals surface area (Å²) in [4.78, 5) is 24.5. The minimum Gasteiger partial charge on any atom is -0.462 e. The zero-order chi connectivity index (χ0) is 18.5. The molecule has 0 aliphatic rings. The van der Waals surface area contributed by atoms with Gasteiger partial charge in [-0.15, -0.1) is 0 Å². The molecule has 3 rings (SSSR count). The van der Waals surface area contributed by atoms with Gasteiger partial charge in [-0.05, 0) is 43.0 Å². The Morgan fingerprint density at radius 2 is 1.88 bits per heavy atom. The number of rotatable bonds is 7. The van der Waals surface area contributed by atoms with Crippen LogP contribution in [0.5, 0.6) is 0 Å². The molecular formula is C22H23NO3. The first-order valence-corrected chi connectivity index (χ1v) is 9.05. The van der Waals surface area contributed by atoms with E-state index in [0.29, 0.717) is 22.3 Å². The van der Waals surface area contributed by atoms with Crippen molar-refractivity contribution in [2.24, 2.45) is 0 Å². The summed E-state index contributed by atoms with van der Waals surface area (Å²) in [6.45, 7) is 4.23. The normalized spacial score (nSPS) is 10.8. The van der Waals surface area contributed by atoms with Crippen molar-refractivity contribution in [1.82, 2.24) is 4.40 Å². The van der Waals surface area contributed by atoms with Crippen LogP contribution in [0, 0.1) is 0 Å². The second-order valence-corrected chi connectivity index (χ2v) is 6.23. The Morgan fingerprint density at radius 1 is 1.12 bits per heavy atom. The lowest BCUT2D eigenvalue weighted by molar-refractivity contribution is 0.0529. The van der Waals surface area contributed by atoms with E-state index in [4.69, 9.17) is 4.74 Å². The zero-order valence-corrected chi connectivity index (χ0v) is 15.2. The van der Waals surface area contributed by atoms with E-state index in [1.54, 1.807) is 17.5 Å². The third-order valence-electron chi connectivity index (χ3n) is 4.53. The lowest BCUT2D eigenvalue weighted by atomic mass is 9.98. The van der Waals surface area contributed by atoms with E-state index in [-0.39, 0.29) is 6.61 Å². The lowest BCUT2D eigenvalue weighted by Crippen LogP contribution is -2.05. The fourth-order valence-corrected chi connectivity index (χ4v) is 3.27. The molecule has 1 aromatic carbocycles. The van der Waals surface area contributed by atoms with Gasteiger partial charge in [0.15, 0.2) is 6.29 Å². The Bertz CT molecular complexity index is 922. The molecule has 134 valence electrons. The summed E-state index contributed by atoms with van der Waals surface area (Å²) in [5.41, 5.74) is 4.31. The van der Waals surface area contributed by atoms with Gasteiger partial charge in [0.1, 0.15) is 0 Å². The zero-order valence-electron chi connectivity index (χ0n) is 15.2. The van der Waals surface area contributed by atoms with Crippen molar-refractivity contribution in [3.63, 3.8) is 0 Å². The lowest BCUT2D eigenvalue weighted by Gasteiger charge is -2.07. The highest BCUT2D eigenvalue weighted by Crippen LogP contribution is 2.33. The first-order valence-electron chi connectivity index (χ1n) is 9.05. The summed E-state index contributed by atoms with van der Waals surface area (Å²) in [5.74, 6) is -0.408. The van der Waals surface area contributed by atoms with Gasteiger partial charge in [-0.1, -0.05) is 43.7 Å². The SMILES string of the molecule is CCCCc1ccc(-c2c(C(=O)OCC)c3ccccn3c2C=O)cc1. The Labute approximate surface area is 153 Å². The fraction of sp³-hybridized carbons (Fsp3) is 0.273. The Hall–Kier alpha value is -2.88. The topological polar surface area (TPSA) is 47.8 Å². The number of benzene rings is 1. The van der Waals surface area contributed by atoms with Crippen molar-refractivity contribution in [3.8, 4) is 11.1 Å². The van der Waals surface area contributed by atoms with Gasteiger partial charge >= 0.3 is 5.97 Å². The standard InChI is InChI=1S/C22H23NO3/c1-3-5-8-16-10-12-17(13-11-16)20-19(15-24)23-14-7-6-9-18(23)21(20)22(25)26-4-2/h6-7,9-15H,3-5,8H2,1-2H3. The van der Waals surface area contributed by atoms with Gasteiger partial charge in [-0.2, -0.15) is 0 Å². The monoisotopic (exact) mass is 349 g/mol. The Balaban J connectivity index is 2.18. The van der Waals surface area contributed by atoms with Gasteiger partial charge in [0.2, 0.25) is 0 Å². The number of hydrogen-bond donors (Lipinski definition) is 0. The van der Waals surface area contributed by atoms with Gasteiger partial charge in [0, 0.05) is 11.8 Å². The van der Waals surface area contributed by atoms with Crippen LogP contribution in [-0.4, -0.2) is 23.3 Å². The second-order valence-electron chi connectivity index (χ2n) is 6.23. The summed E-state index contributed by atoms with van der Waals surface area (Å²) in [7, 11) is 0. The number of ether oxygens (including phenoxy) is 1. The van der Waals surface area contributed by atoms with Crippen LogP contribution in [0.15, 0.2) is 48.7 Å². The maximum atomic E-state index is 12.6. The van der Waals surface area contributed by atoms with Crippen molar-refractivity contribution in [1.29, 1.82) is 0 Å². The minimum atomic E-state index is -0.408. The molecule has 0 aliphatic carbocycles. The van der Waals surface area contributed by atoms with E-state index in [1.165, 1.54) is 5.56 Å². The third-order valence-corrected chi connectivity index (χ3v) is 4.53. The van der Waals surface area contributed by atoms with Crippen LogP contribution in [0.2, 0.25) is 0 Å². The highest BCUT2D eigenvalue weighted by Gasteiger charge is 2.25. The fourth-order valence-electron chi connectivity index (χ4n) is 3.27. The highest BCUT2D eigenvalue weighted by atomic mass is 16.5. The van der Waals surface area contributed by atoms with Gasteiger partial charge in [0.25, 0.3) is 0 Å². The first-order chi connectivity index (χ1) is 12.7. The Kier molecular flexibility index (Phi) is 5.52. The molecule has 0 atom stereocenters. The van der Waals surface area contributed by atoms with E-state index in [9.17, 15) is 9.59 Å². The molecule has 2 aromatic heterocycles. The summed E-state index contributed by atoms with van der Waals surface area (Å²) in [5, 5.41) is 0. The molecule has 3 aromatic rings. The number of pyridine rings is 1. The third kappa shape index (κ3) is 3.27. The van der Waals surface area contributed by atoms with Crippen molar-refractivity contribution >= 4 is 17.8 Å². The molecule has 0 bridgehead atoms. The number of carbonyl (C=O) groups is 2.